The number of nitrogens with two attached hydrogens (primary N) is 2. The van der Waals surface area contributed by atoms with Crippen molar-refractivity contribution in [3.63, 3.8) is 0 Å². The van der Waals surface area contributed by atoms with Gasteiger partial charge in [-0.2, -0.15) is 5.10 Å². The third-order valence-electron chi connectivity index (χ3n) is 1.94. The fourth-order valence-electron chi connectivity index (χ4n) is 1.14. The first kappa shape index (κ1) is 9.85. The van der Waals surface area contributed by atoms with Crippen molar-refractivity contribution in [2.75, 3.05) is 18.1 Å². The van der Waals surface area contributed by atoms with Crippen LogP contribution in [0.5, 0.6) is 0 Å². The monoisotopic (exact) mass is 184 g/mol. The third-order valence-corrected chi connectivity index (χ3v) is 1.94. The lowest BCUT2D eigenvalue weighted by Gasteiger charge is -2.03. The highest BCUT2D eigenvalue weighted by Gasteiger charge is 2.02. The topological polar surface area (TPSA) is 90.1 Å². The Hall–Kier alpha value is -1.23. The van der Waals surface area contributed by atoms with Gasteiger partial charge < -0.3 is 16.6 Å². The minimum atomic E-state index is 0.247. The van der Waals surface area contributed by atoms with Crippen LogP contribution in [0.2, 0.25) is 0 Å². The van der Waals surface area contributed by atoms with Gasteiger partial charge in [0.1, 0.15) is 5.82 Å². The quantitative estimate of drug-likeness (QED) is 0.570. The van der Waals surface area contributed by atoms with Crippen molar-refractivity contribution in [2.24, 2.45) is 0 Å². The van der Waals surface area contributed by atoms with E-state index in [1.807, 2.05) is 0 Å². The van der Waals surface area contributed by atoms with Crippen molar-refractivity contribution >= 4 is 11.5 Å². The number of nitrogens with zero attached hydrogens (tertiary/aromatic N) is 2. The van der Waals surface area contributed by atoms with Gasteiger partial charge in [-0.25, -0.2) is 4.68 Å². The Bertz CT molecular complexity index is 259. The van der Waals surface area contributed by atoms with Crippen LogP contribution >= 0.6 is 0 Å². The van der Waals surface area contributed by atoms with Gasteiger partial charge >= 0.3 is 0 Å². The van der Waals surface area contributed by atoms with E-state index in [0.29, 0.717) is 11.5 Å². The summed E-state index contributed by atoms with van der Waals surface area (Å²) in [5.41, 5.74) is 11.7. The fraction of sp³-hybridized carbons (Fsp3) is 0.625. The molecule has 0 saturated heterocycles. The second-order valence-electron chi connectivity index (χ2n) is 2.99. The van der Waals surface area contributed by atoms with E-state index < -0.39 is 0 Å². The average Bonchev–Trinajstić information content (AvgIpc) is 2.43. The molecule has 13 heavy (non-hydrogen) atoms. The van der Waals surface area contributed by atoms with E-state index in [2.05, 4.69) is 5.10 Å². The molecule has 0 amide bonds. The summed E-state index contributed by atoms with van der Waals surface area (Å²) in [6.45, 7) is 1.01. The Morgan fingerprint density at radius 2 is 2.08 bits per heavy atom. The second-order valence-corrected chi connectivity index (χ2v) is 2.99. The molecule has 0 aliphatic carbocycles. The van der Waals surface area contributed by atoms with Crippen LogP contribution in [-0.4, -0.2) is 21.5 Å². The highest BCUT2D eigenvalue weighted by atomic mass is 16.2. The van der Waals surface area contributed by atoms with Gasteiger partial charge in [0.05, 0.1) is 11.9 Å². The zero-order valence-electron chi connectivity index (χ0n) is 7.61. The number of anilines is 2. The standard InChI is InChI=1S/C8H16N4O/c9-7-6-11-12(8(7)10)4-2-1-3-5-13/h6,13H,1-5,9-10H2. The van der Waals surface area contributed by atoms with Crippen LogP contribution < -0.4 is 11.5 Å². The molecule has 0 saturated carbocycles. The molecule has 1 rings (SSSR count). The predicted molar refractivity (Wildman–Crippen MR) is 52.0 cm³/mol. The van der Waals surface area contributed by atoms with E-state index in [1.54, 1.807) is 10.9 Å². The molecule has 5 nitrogen and oxygen atoms in total. The number of aliphatic hydroxyl groups excluding tert-OH is 1. The maximum absolute atomic E-state index is 8.56. The fourth-order valence-corrected chi connectivity index (χ4v) is 1.14. The minimum Gasteiger partial charge on any atom is -0.396 e. The summed E-state index contributed by atoms with van der Waals surface area (Å²) in [7, 11) is 0. The number of hydrogen-bond acceptors (Lipinski definition) is 4. The number of aryl methyl sites for hydroxylation is 1. The van der Waals surface area contributed by atoms with Crippen molar-refractivity contribution in [2.45, 2.75) is 25.8 Å². The molecule has 1 aromatic rings. The van der Waals surface area contributed by atoms with Crippen molar-refractivity contribution < 1.29 is 5.11 Å². The molecule has 0 atom stereocenters. The molecular formula is C8H16N4O. The summed E-state index contributed by atoms with van der Waals surface area (Å²) in [6, 6.07) is 0. The molecule has 1 aromatic heterocycles. The van der Waals surface area contributed by atoms with Crippen LogP contribution in [0.15, 0.2) is 6.20 Å². The van der Waals surface area contributed by atoms with E-state index >= 15 is 0 Å². The molecule has 5 N–H and O–H groups in total. The van der Waals surface area contributed by atoms with Crippen LogP contribution in [0.25, 0.3) is 0 Å². The predicted octanol–water partition coefficient (Wildman–Crippen LogP) is 0.210. The van der Waals surface area contributed by atoms with Crippen molar-refractivity contribution in [1.82, 2.24) is 9.78 Å². The molecule has 74 valence electrons. The first-order valence-corrected chi connectivity index (χ1v) is 4.43. The number of aromatic nitrogens is 2. The zero-order chi connectivity index (χ0) is 9.68. The minimum absolute atomic E-state index is 0.247. The van der Waals surface area contributed by atoms with Gasteiger partial charge in [-0.15, -0.1) is 0 Å². The molecule has 0 unspecified atom stereocenters. The highest BCUT2D eigenvalue weighted by Crippen LogP contribution is 2.13. The molecule has 0 aliphatic heterocycles. The second kappa shape index (κ2) is 4.71. The Morgan fingerprint density at radius 1 is 1.31 bits per heavy atom. The van der Waals surface area contributed by atoms with Gasteiger partial charge in [0.2, 0.25) is 0 Å². The molecular weight excluding hydrogens is 168 g/mol. The van der Waals surface area contributed by atoms with E-state index in [-0.39, 0.29) is 6.61 Å². The lowest BCUT2D eigenvalue weighted by atomic mass is 10.2. The number of rotatable bonds is 5. The molecule has 1 heterocycles. The Kier molecular flexibility index (Phi) is 3.57. The molecule has 0 radical (unpaired) electrons. The van der Waals surface area contributed by atoms with Crippen LogP contribution in [0.3, 0.4) is 0 Å². The van der Waals surface area contributed by atoms with Crippen LogP contribution in [0.1, 0.15) is 19.3 Å². The normalized spacial score (nSPS) is 10.5. The number of unbranched alkanes of at least 4 members (excludes halogenated alkanes) is 2. The van der Waals surface area contributed by atoms with Gasteiger partial charge in [-0.1, -0.05) is 0 Å². The Morgan fingerprint density at radius 3 is 2.62 bits per heavy atom. The molecule has 0 spiro atoms. The summed E-state index contributed by atoms with van der Waals surface area (Å²) >= 11 is 0. The van der Waals surface area contributed by atoms with E-state index in [1.165, 1.54) is 0 Å². The molecule has 0 aliphatic rings. The first-order valence-electron chi connectivity index (χ1n) is 4.43. The van der Waals surface area contributed by atoms with Gasteiger partial charge in [-0.05, 0) is 19.3 Å². The lowest BCUT2D eigenvalue weighted by Crippen LogP contribution is -2.05. The Balaban J connectivity index is 2.32. The van der Waals surface area contributed by atoms with Gasteiger partial charge in [-0.3, -0.25) is 0 Å². The molecule has 0 bridgehead atoms. The molecule has 5 heteroatoms. The maximum Gasteiger partial charge on any atom is 0.145 e. The number of hydrogen-bond donors (Lipinski definition) is 3. The SMILES string of the molecule is Nc1cnn(CCCCCO)c1N. The van der Waals surface area contributed by atoms with E-state index in [4.69, 9.17) is 16.6 Å². The van der Waals surface area contributed by atoms with Crippen LogP contribution in [0.4, 0.5) is 11.5 Å². The largest absolute Gasteiger partial charge is 0.396 e. The lowest BCUT2D eigenvalue weighted by molar-refractivity contribution is 0.281. The summed E-state index contributed by atoms with van der Waals surface area (Å²) in [4.78, 5) is 0. The third kappa shape index (κ3) is 2.62. The summed E-state index contributed by atoms with van der Waals surface area (Å²) in [5, 5.41) is 12.6. The highest BCUT2D eigenvalue weighted by molar-refractivity contribution is 5.56. The molecule has 0 fully saturated rings. The van der Waals surface area contributed by atoms with Crippen LogP contribution in [-0.2, 0) is 6.54 Å². The van der Waals surface area contributed by atoms with E-state index in [9.17, 15) is 0 Å². The average molecular weight is 184 g/mol. The van der Waals surface area contributed by atoms with Crippen LogP contribution in [0, 0.1) is 0 Å². The summed E-state index contributed by atoms with van der Waals surface area (Å²) in [5.74, 6) is 0.531. The molecule has 0 aromatic carbocycles. The summed E-state index contributed by atoms with van der Waals surface area (Å²) < 4.78 is 1.69. The smallest absolute Gasteiger partial charge is 0.145 e. The number of aliphatic hydroxyl groups is 1. The van der Waals surface area contributed by atoms with Crippen molar-refractivity contribution in [1.29, 1.82) is 0 Å². The number of nitrogen functional groups attached to an aromatic ring is 2. The first-order chi connectivity index (χ1) is 6.25. The van der Waals surface area contributed by atoms with Gasteiger partial charge in [0.15, 0.2) is 0 Å². The maximum atomic E-state index is 8.56. The summed E-state index contributed by atoms with van der Waals surface area (Å²) in [6.07, 6.45) is 4.33. The zero-order valence-corrected chi connectivity index (χ0v) is 7.61. The van der Waals surface area contributed by atoms with Crippen molar-refractivity contribution in [3.05, 3.63) is 6.20 Å². The Labute approximate surface area is 77.3 Å². The van der Waals surface area contributed by atoms with Crippen molar-refractivity contribution in [3.8, 4) is 0 Å². The van der Waals surface area contributed by atoms with E-state index in [0.717, 1.165) is 25.8 Å². The van der Waals surface area contributed by atoms with Gasteiger partial charge in [0.25, 0.3) is 0 Å². The van der Waals surface area contributed by atoms with Gasteiger partial charge in [0, 0.05) is 13.2 Å².